The van der Waals surface area contributed by atoms with E-state index >= 15 is 0 Å². The molecular formula is C25H33FO. The average molecular weight is 369 g/mol. The Morgan fingerprint density at radius 2 is 1.78 bits per heavy atom. The number of hydrogen-bond acceptors (Lipinski definition) is 1. The minimum Gasteiger partial charge on any atom is -0.494 e. The van der Waals surface area contributed by atoms with Gasteiger partial charge in [-0.2, -0.15) is 0 Å². The van der Waals surface area contributed by atoms with E-state index in [9.17, 15) is 4.39 Å². The third-order valence-corrected chi connectivity index (χ3v) is 7.29. The first-order chi connectivity index (χ1) is 13.2. The van der Waals surface area contributed by atoms with Crippen LogP contribution in [0.2, 0.25) is 0 Å². The fraction of sp³-hybridized carbons (Fsp3) is 0.600. The van der Waals surface area contributed by atoms with Crippen LogP contribution in [0.5, 0.6) is 5.75 Å². The molecule has 0 spiro atoms. The van der Waals surface area contributed by atoms with Crippen LogP contribution in [0.15, 0.2) is 30.3 Å². The molecule has 2 aliphatic carbocycles. The molecule has 1 nitrogen and oxygen atoms in total. The predicted molar refractivity (Wildman–Crippen MR) is 111 cm³/mol. The molecule has 4 atom stereocenters. The highest BCUT2D eigenvalue weighted by Gasteiger charge is 2.35. The topological polar surface area (TPSA) is 9.23 Å². The van der Waals surface area contributed by atoms with E-state index in [1.165, 1.54) is 70.5 Å². The Kier molecular flexibility index (Phi) is 5.71. The number of benzene rings is 2. The van der Waals surface area contributed by atoms with Crippen LogP contribution in [0.1, 0.15) is 76.2 Å². The first-order valence-electron chi connectivity index (χ1n) is 10.9. The Morgan fingerprint density at radius 1 is 0.963 bits per heavy atom. The Labute approximate surface area is 163 Å². The molecule has 0 N–H and O–H groups in total. The fourth-order valence-electron chi connectivity index (χ4n) is 5.72. The highest BCUT2D eigenvalue weighted by Crippen LogP contribution is 2.48. The maximum Gasteiger partial charge on any atom is 0.165 e. The fourth-order valence-corrected chi connectivity index (χ4v) is 5.72. The van der Waals surface area contributed by atoms with E-state index in [2.05, 4.69) is 25.1 Å². The first kappa shape index (κ1) is 18.8. The lowest BCUT2D eigenvalue weighted by atomic mass is 9.63. The predicted octanol–water partition coefficient (Wildman–Crippen LogP) is 7.48. The summed E-state index contributed by atoms with van der Waals surface area (Å²) in [5.74, 6) is 3.56. The van der Waals surface area contributed by atoms with Gasteiger partial charge in [-0.3, -0.25) is 0 Å². The van der Waals surface area contributed by atoms with E-state index in [0.29, 0.717) is 11.7 Å². The van der Waals surface area contributed by atoms with Crippen molar-refractivity contribution in [1.82, 2.24) is 0 Å². The molecule has 2 fully saturated rings. The summed E-state index contributed by atoms with van der Waals surface area (Å²) in [7, 11) is 1.52. The van der Waals surface area contributed by atoms with Crippen LogP contribution < -0.4 is 4.74 Å². The van der Waals surface area contributed by atoms with Crippen LogP contribution in [-0.2, 0) is 0 Å². The molecule has 4 unspecified atom stereocenters. The number of halogens is 1. The van der Waals surface area contributed by atoms with Crippen molar-refractivity contribution >= 4 is 10.8 Å². The Bertz CT molecular complexity index is 783. The lowest BCUT2D eigenvalue weighted by molar-refractivity contribution is 0.113. The highest BCUT2D eigenvalue weighted by molar-refractivity contribution is 5.84. The molecule has 2 aromatic carbocycles. The van der Waals surface area contributed by atoms with E-state index in [1.807, 2.05) is 6.07 Å². The summed E-state index contributed by atoms with van der Waals surface area (Å²) in [5, 5.41) is 2.05. The average Bonchev–Trinajstić information content (AvgIpc) is 2.70. The molecule has 0 heterocycles. The van der Waals surface area contributed by atoms with Gasteiger partial charge in [0.2, 0.25) is 0 Å². The van der Waals surface area contributed by atoms with Crippen molar-refractivity contribution in [3.63, 3.8) is 0 Å². The maximum atomic E-state index is 14.1. The molecule has 0 amide bonds. The quantitative estimate of drug-likeness (QED) is 0.531. The molecule has 0 aliphatic heterocycles. The van der Waals surface area contributed by atoms with Crippen molar-refractivity contribution < 1.29 is 9.13 Å². The first-order valence-corrected chi connectivity index (χ1v) is 10.9. The van der Waals surface area contributed by atoms with Crippen molar-refractivity contribution in [2.45, 2.75) is 70.6 Å². The summed E-state index contributed by atoms with van der Waals surface area (Å²) in [5.41, 5.74) is 1.40. The summed E-state index contributed by atoms with van der Waals surface area (Å²) in [6, 6.07) is 10.1. The molecule has 2 heteroatoms. The Morgan fingerprint density at radius 3 is 2.59 bits per heavy atom. The number of unbranched alkanes of at least 4 members (excludes halogenated alkanes) is 1. The largest absolute Gasteiger partial charge is 0.494 e. The Balaban J connectivity index is 1.46. The third kappa shape index (κ3) is 4.00. The monoisotopic (exact) mass is 368 g/mol. The molecule has 2 saturated carbocycles. The van der Waals surface area contributed by atoms with Gasteiger partial charge in [0.05, 0.1) is 7.11 Å². The van der Waals surface area contributed by atoms with Crippen LogP contribution >= 0.6 is 0 Å². The molecule has 4 rings (SSSR count). The number of fused-ring (bicyclic) bond motifs is 2. The standard InChI is InChI=1S/C25H33FO/c1-3-4-5-17-6-7-19-13-20(9-8-18(19)12-17)21-10-11-22-16-25(27-2)24(26)15-23(22)14-21/h10-11,14-20H,3-9,12-13H2,1-2H3. The lowest BCUT2D eigenvalue weighted by Gasteiger charge is -2.42. The van der Waals surface area contributed by atoms with Gasteiger partial charge >= 0.3 is 0 Å². The van der Waals surface area contributed by atoms with E-state index < -0.39 is 0 Å². The number of ether oxygens (including phenoxy) is 1. The van der Waals surface area contributed by atoms with Gasteiger partial charge in [-0.15, -0.1) is 0 Å². The van der Waals surface area contributed by atoms with Gasteiger partial charge in [-0.05, 0) is 84.2 Å². The van der Waals surface area contributed by atoms with Crippen molar-refractivity contribution in [2.75, 3.05) is 7.11 Å². The zero-order valence-corrected chi connectivity index (χ0v) is 16.8. The summed E-state index contributed by atoms with van der Waals surface area (Å²) >= 11 is 0. The normalized spacial score (nSPS) is 28.1. The van der Waals surface area contributed by atoms with Crippen molar-refractivity contribution in [1.29, 1.82) is 0 Å². The van der Waals surface area contributed by atoms with Crippen molar-refractivity contribution in [3.05, 3.63) is 41.7 Å². The number of hydrogen-bond donors (Lipinski definition) is 0. The van der Waals surface area contributed by atoms with Gasteiger partial charge in [-0.25, -0.2) is 4.39 Å². The lowest BCUT2D eigenvalue weighted by Crippen LogP contribution is -2.30. The summed E-state index contributed by atoms with van der Waals surface area (Å²) in [6.07, 6.45) is 12.5. The Hall–Kier alpha value is -1.57. The molecule has 27 heavy (non-hydrogen) atoms. The van der Waals surface area contributed by atoms with Gasteiger partial charge in [0.25, 0.3) is 0 Å². The maximum absolute atomic E-state index is 14.1. The second-order valence-electron chi connectivity index (χ2n) is 8.94. The van der Waals surface area contributed by atoms with Crippen LogP contribution in [0.3, 0.4) is 0 Å². The second kappa shape index (κ2) is 8.20. The molecule has 0 bridgehead atoms. The zero-order chi connectivity index (χ0) is 18.8. The van der Waals surface area contributed by atoms with Crippen LogP contribution in [0.4, 0.5) is 4.39 Å². The minimum atomic E-state index is -0.267. The van der Waals surface area contributed by atoms with E-state index in [1.54, 1.807) is 6.07 Å². The summed E-state index contributed by atoms with van der Waals surface area (Å²) in [6.45, 7) is 2.31. The van der Waals surface area contributed by atoms with Crippen LogP contribution in [-0.4, -0.2) is 7.11 Å². The number of methoxy groups -OCH3 is 1. The molecule has 2 aromatic rings. The van der Waals surface area contributed by atoms with Crippen molar-refractivity contribution in [3.8, 4) is 5.75 Å². The molecule has 2 aliphatic rings. The zero-order valence-electron chi connectivity index (χ0n) is 16.8. The second-order valence-corrected chi connectivity index (χ2v) is 8.94. The van der Waals surface area contributed by atoms with E-state index in [4.69, 9.17) is 4.74 Å². The SMILES string of the molecule is CCCCC1CCC2CC(c3ccc4cc(OC)c(F)cc4c3)CCC2C1. The van der Waals surface area contributed by atoms with Gasteiger partial charge < -0.3 is 4.74 Å². The van der Waals surface area contributed by atoms with E-state index in [-0.39, 0.29) is 5.82 Å². The van der Waals surface area contributed by atoms with Gasteiger partial charge in [0.15, 0.2) is 11.6 Å². The molecule has 0 saturated heterocycles. The molecule has 146 valence electrons. The van der Waals surface area contributed by atoms with Crippen LogP contribution in [0, 0.1) is 23.6 Å². The van der Waals surface area contributed by atoms with Gasteiger partial charge in [0.1, 0.15) is 0 Å². The van der Waals surface area contributed by atoms with Gasteiger partial charge in [-0.1, -0.05) is 50.8 Å². The number of rotatable bonds is 5. The summed E-state index contributed by atoms with van der Waals surface area (Å²) in [4.78, 5) is 0. The molecule has 0 radical (unpaired) electrons. The minimum absolute atomic E-state index is 0.267. The van der Waals surface area contributed by atoms with Crippen LogP contribution in [0.25, 0.3) is 10.8 Å². The van der Waals surface area contributed by atoms with Crippen molar-refractivity contribution in [2.24, 2.45) is 17.8 Å². The smallest absolute Gasteiger partial charge is 0.165 e. The molecule has 0 aromatic heterocycles. The third-order valence-electron chi connectivity index (χ3n) is 7.29. The van der Waals surface area contributed by atoms with E-state index in [0.717, 1.165) is 28.5 Å². The van der Waals surface area contributed by atoms with Gasteiger partial charge in [0, 0.05) is 0 Å². The highest BCUT2D eigenvalue weighted by atomic mass is 19.1. The molecular weight excluding hydrogens is 335 g/mol. The summed E-state index contributed by atoms with van der Waals surface area (Å²) < 4.78 is 19.2.